The summed E-state index contributed by atoms with van der Waals surface area (Å²) in [5.74, 6) is -0.513. The van der Waals surface area contributed by atoms with Gasteiger partial charge in [-0.3, -0.25) is 4.79 Å². The number of ether oxygens (including phenoxy) is 2. The summed E-state index contributed by atoms with van der Waals surface area (Å²) in [6.45, 7) is 3.06. The Bertz CT molecular complexity index is 795. The lowest BCUT2D eigenvalue weighted by atomic mass is 10.1. The predicted octanol–water partition coefficient (Wildman–Crippen LogP) is 0.0314. The highest BCUT2D eigenvalue weighted by Crippen LogP contribution is 2.32. The molecule has 9 heteroatoms. The van der Waals surface area contributed by atoms with Crippen LogP contribution in [0.4, 0.5) is 0 Å². The van der Waals surface area contributed by atoms with Crippen LogP contribution in [-0.4, -0.2) is 74.3 Å². The maximum atomic E-state index is 12.3. The molecule has 1 saturated carbocycles. The summed E-state index contributed by atoms with van der Waals surface area (Å²) >= 11 is 0. The minimum atomic E-state index is -1.39. The zero-order valence-electron chi connectivity index (χ0n) is 16.9. The fourth-order valence-electron chi connectivity index (χ4n) is 3.72. The third-order valence-corrected chi connectivity index (χ3v) is 5.50. The first-order valence-electron chi connectivity index (χ1n) is 10.0. The summed E-state index contributed by atoms with van der Waals surface area (Å²) in [5.41, 5.74) is 0.967. The lowest BCUT2D eigenvalue weighted by molar-refractivity contribution is -0.129. The molecule has 1 amide bonds. The largest absolute Gasteiger partial charge is 0.504 e. The van der Waals surface area contributed by atoms with Crippen LogP contribution in [0, 0.1) is 0 Å². The molecule has 1 aliphatic carbocycles. The molecule has 30 heavy (non-hydrogen) atoms. The molecule has 0 bridgehead atoms. The number of phenolic OH excluding ortho intramolecular Hbond substituents is 1. The minimum absolute atomic E-state index is 0.0193. The van der Waals surface area contributed by atoms with E-state index in [0.29, 0.717) is 17.6 Å². The zero-order valence-corrected chi connectivity index (χ0v) is 16.9. The number of rotatable bonds is 6. The first-order valence-corrected chi connectivity index (χ1v) is 10.0. The molecule has 1 aromatic rings. The van der Waals surface area contributed by atoms with Crippen molar-refractivity contribution in [2.75, 3.05) is 0 Å². The van der Waals surface area contributed by atoms with Crippen LogP contribution in [0.5, 0.6) is 11.5 Å². The van der Waals surface area contributed by atoms with E-state index in [1.54, 1.807) is 19.1 Å². The second kappa shape index (κ2) is 9.32. The number of phenols is 1. The second-order valence-corrected chi connectivity index (χ2v) is 7.94. The first kappa shape index (κ1) is 22.5. The molecule has 9 nitrogen and oxygen atoms in total. The lowest BCUT2D eigenvalue weighted by Crippen LogP contribution is -2.40. The Balaban J connectivity index is 1.65. The van der Waals surface area contributed by atoms with Gasteiger partial charge in [0.25, 0.3) is 0 Å². The van der Waals surface area contributed by atoms with E-state index in [9.17, 15) is 30.3 Å². The van der Waals surface area contributed by atoms with Crippen molar-refractivity contribution in [3.63, 3.8) is 0 Å². The maximum absolute atomic E-state index is 12.3. The molecule has 1 aliphatic heterocycles. The number of hydrogen-bond acceptors (Lipinski definition) is 8. The average Bonchev–Trinajstić information content (AvgIpc) is 3.21. The van der Waals surface area contributed by atoms with Gasteiger partial charge in [-0.2, -0.15) is 0 Å². The summed E-state index contributed by atoms with van der Waals surface area (Å²) in [6, 6.07) is 4.20. The maximum Gasteiger partial charge on any atom is 0.247 e. The Morgan fingerprint density at radius 1 is 1.27 bits per heavy atom. The molecule has 0 spiro atoms. The minimum Gasteiger partial charge on any atom is -0.504 e. The van der Waals surface area contributed by atoms with Crippen LogP contribution in [0.1, 0.15) is 38.7 Å². The van der Waals surface area contributed by atoms with E-state index in [0.717, 1.165) is 12.8 Å². The third kappa shape index (κ3) is 4.93. The Morgan fingerprint density at radius 3 is 2.57 bits per heavy atom. The molecule has 2 fully saturated rings. The number of aromatic hydroxyl groups is 1. The molecule has 2 aliphatic rings. The SMILES string of the molecule is C/C(=C\c1ccc(O[C@@H]2O[C@H]([C@H](C)O)[C@@H](O)[C@@H]2O)c(O)c1)C(=O)N[C@@H]1CCC[C@@H]1O. The van der Waals surface area contributed by atoms with Crippen molar-refractivity contribution < 1.29 is 39.8 Å². The summed E-state index contributed by atoms with van der Waals surface area (Å²) < 4.78 is 10.8. The number of carbonyl (C=O) groups is 1. The molecule has 1 aromatic carbocycles. The van der Waals surface area contributed by atoms with Gasteiger partial charge in [0, 0.05) is 5.57 Å². The van der Waals surface area contributed by atoms with Gasteiger partial charge in [0.1, 0.15) is 18.3 Å². The van der Waals surface area contributed by atoms with Crippen molar-refractivity contribution in [3.8, 4) is 11.5 Å². The molecular weight excluding hydrogens is 394 g/mol. The summed E-state index contributed by atoms with van der Waals surface area (Å²) in [7, 11) is 0. The normalized spacial score (nSPS) is 32.8. The number of nitrogens with one attached hydrogen (secondary N) is 1. The van der Waals surface area contributed by atoms with Crippen LogP contribution < -0.4 is 10.1 Å². The van der Waals surface area contributed by atoms with Crippen LogP contribution in [0.25, 0.3) is 6.08 Å². The number of carbonyl (C=O) groups excluding carboxylic acids is 1. The van der Waals surface area contributed by atoms with Crippen LogP contribution in [0.15, 0.2) is 23.8 Å². The molecule has 0 radical (unpaired) electrons. The lowest BCUT2D eigenvalue weighted by Gasteiger charge is -2.18. The smallest absolute Gasteiger partial charge is 0.247 e. The molecular formula is C21H29NO8. The highest BCUT2D eigenvalue weighted by Gasteiger charge is 2.46. The van der Waals surface area contributed by atoms with Crippen molar-refractivity contribution in [2.24, 2.45) is 0 Å². The van der Waals surface area contributed by atoms with Gasteiger partial charge in [0.2, 0.25) is 12.2 Å². The Kier molecular flexibility index (Phi) is 6.99. The molecule has 7 atom stereocenters. The highest BCUT2D eigenvalue weighted by molar-refractivity contribution is 5.97. The zero-order chi connectivity index (χ0) is 22.0. The van der Waals surface area contributed by atoms with E-state index >= 15 is 0 Å². The van der Waals surface area contributed by atoms with Crippen molar-refractivity contribution in [1.29, 1.82) is 0 Å². The van der Waals surface area contributed by atoms with Gasteiger partial charge in [-0.15, -0.1) is 0 Å². The van der Waals surface area contributed by atoms with E-state index in [-0.39, 0.29) is 23.4 Å². The Hall–Kier alpha value is -2.17. The fraction of sp³-hybridized carbons (Fsp3) is 0.571. The van der Waals surface area contributed by atoms with Crippen LogP contribution in [0.3, 0.4) is 0 Å². The van der Waals surface area contributed by atoms with Crippen molar-refractivity contribution in [3.05, 3.63) is 29.3 Å². The van der Waals surface area contributed by atoms with Gasteiger partial charge in [0.05, 0.1) is 18.2 Å². The average molecular weight is 423 g/mol. The van der Waals surface area contributed by atoms with E-state index in [1.165, 1.54) is 19.1 Å². The molecule has 0 aromatic heterocycles. The van der Waals surface area contributed by atoms with Gasteiger partial charge in [-0.25, -0.2) is 0 Å². The van der Waals surface area contributed by atoms with Crippen molar-refractivity contribution >= 4 is 12.0 Å². The second-order valence-electron chi connectivity index (χ2n) is 7.94. The fourth-order valence-corrected chi connectivity index (χ4v) is 3.72. The molecule has 0 unspecified atom stereocenters. The number of benzene rings is 1. The molecule has 1 saturated heterocycles. The Morgan fingerprint density at radius 2 is 2.00 bits per heavy atom. The quantitative estimate of drug-likeness (QED) is 0.351. The number of aliphatic hydroxyl groups is 4. The van der Waals surface area contributed by atoms with Gasteiger partial charge in [-0.1, -0.05) is 6.07 Å². The number of amides is 1. The monoisotopic (exact) mass is 423 g/mol. The summed E-state index contributed by atoms with van der Waals surface area (Å²) in [4.78, 5) is 12.3. The number of aliphatic hydroxyl groups excluding tert-OH is 4. The summed E-state index contributed by atoms with van der Waals surface area (Å²) in [5, 5.41) is 52.5. The van der Waals surface area contributed by atoms with Gasteiger partial charge in [0.15, 0.2) is 11.5 Å². The van der Waals surface area contributed by atoms with Crippen LogP contribution in [0.2, 0.25) is 0 Å². The van der Waals surface area contributed by atoms with E-state index in [4.69, 9.17) is 9.47 Å². The standard InChI is InChI=1S/C21H29NO8/c1-10(20(28)22-13-4-3-5-14(13)24)8-12-6-7-16(15(25)9-12)29-21-18(27)17(26)19(30-21)11(2)23/h6-9,11,13-14,17-19,21,23-27H,3-5H2,1-2H3,(H,22,28)/b10-8+/t11-,13+,14-,17-,18-,19+,21+/m0/s1. The van der Waals surface area contributed by atoms with Crippen LogP contribution in [-0.2, 0) is 9.53 Å². The third-order valence-electron chi connectivity index (χ3n) is 5.50. The number of hydrogen-bond donors (Lipinski definition) is 6. The van der Waals surface area contributed by atoms with Crippen LogP contribution >= 0.6 is 0 Å². The van der Waals surface area contributed by atoms with Crippen molar-refractivity contribution in [2.45, 2.75) is 76.0 Å². The van der Waals surface area contributed by atoms with E-state index in [1.807, 2.05) is 0 Å². The molecule has 1 heterocycles. The molecule has 3 rings (SSSR count). The topological polar surface area (TPSA) is 149 Å². The first-order chi connectivity index (χ1) is 14.2. The van der Waals surface area contributed by atoms with E-state index in [2.05, 4.69) is 5.32 Å². The molecule has 166 valence electrons. The Labute approximate surface area is 174 Å². The van der Waals surface area contributed by atoms with E-state index < -0.39 is 36.8 Å². The van der Waals surface area contributed by atoms with Gasteiger partial charge >= 0.3 is 0 Å². The van der Waals surface area contributed by atoms with Crippen molar-refractivity contribution in [1.82, 2.24) is 5.32 Å². The molecule has 6 N–H and O–H groups in total. The van der Waals surface area contributed by atoms with Gasteiger partial charge < -0.3 is 40.3 Å². The predicted molar refractivity (Wildman–Crippen MR) is 107 cm³/mol. The van der Waals surface area contributed by atoms with Gasteiger partial charge in [-0.05, 0) is 56.9 Å². The highest BCUT2D eigenvalue weighted by atomic mass is 16.7. The summed E-state index contributed by atoms with van der Waals surface area (Å²) in [6.07, 6.45) is -2.62.